The number of nitrogens with zero attached hydrogens (tertiary/aromatic N) is 3. The molecular formula is C20H24N6O4. The fourth-order valence-electron chi connectivity index (χ4n) is 2.89. The van der Waals surface area contributed by atoms with Crippen LogP contribution in [0.2, 0.25) is 0 Å². The number of hydrogen-bond acceptors (Lipinski definition) is 7. The molecule has 1 aromatic carbocycles. The molecule has 158 valence electrons. The van der Waals surface area contributed by atoms with Crippen molar-refractivity contribution in [2.24, 2.45) is 0 Å². The molecular weight excluding hydrogens is 388 g/mol. The second-order valence-corrected chi connectivity index (χ2v) is 6.63. The lowest BCUT2D eigenvalue weighted by Gasteiger charge is -2.27. The molecule has 30 heavy (non-hydrogen) atoms. The van der Waals surface area contributed by atoms with Gasteiger partial charge < -0.3 is 25.6 Å². The summed E-state index contributed by atoms with van der Waals surface area (Å²) >= 11 is 0. The van der Waals surface area contributed by atoms with Crippen molar-refractivity contribution in [3.63, 3.8) is 0 Å². The number of anilines is 2. The van der Waals surface area contributed by atoms with Crippen LogP contribution in [0.1, 0.15) is 27.8 Å². The molecule has 2 aromatic rings. The first-order valence-corrected chi connectivity index (χ1v) is 9.62. The minimum atomic E-state index is -0.333. The second-order valence-electron chi connectivity index (χ2n) is 6.63. The van der Waals surface area contributed by atoms with Crippen LogP contribution in [0.3, 0.4) is 0 Å². The summed E-state index contributed by atoms with van der Waals surface area (Å²) in [6.45, 7) is 4.62. The molecule has 3 amide bonds. The lowest BCUT2D eigenvalue weighted by atomic mass is 10.2. The average Bonchev–Trinajstić information content (AvgIpc) is 2.77. The number of hydrogen-bond donors (Lipinski definition) is 3. The topological polar surface area (TPSA) is 126 Å². The summed E-state index contributed by atoms with van der Waals surface area (Å²) in [4.78, 5) is 45.8. The largest absolute Gasteiger partial charge is 0.378 e. The minimum Gasteiger partial charge on any atom is -0.378 e. The van der Waals surface area contributed by atoms with Crippen molar-refractivity contribution in [2.75, 3.05) is 49.6 Å². The smallest absolute Gasteiger partial charge is 0.270 e. The van der Waals surface area contributed by atoms with Crippen molar-refractivity contribution in [3.8, 4) is 0 Å². The van der Waals surface area contributed by atoms with E-state index in [1.54, 1.807) is 30.3 Å². The third-order valence-electron chi connectivity index (χ3n) is 4.38. The van der Waals surface area contributed by atoms with E-state index >= 15 is 0 Å². The molecule has 0 radical (unpaired) electrons. The number of carbonyl (C=O) groups is 3. The molecule has 1 aliphatic rings. The number of aromatic nitrogens is 2. The first-order chi connectivity index (χ1) is 14.5. The lowest BCUT2D eigenvalue weighted by molar-refractivity contribution is -0.114. The number of morpholine rings is 1. The van der Waals surface area contributed by atoms with Gasteiger partial charge in [-0.3, -0.25) is 14.4 Å². The highest BCUT2D eigenvalue weighted by atomic mass is 16.5. The van der Waals surface area contributed by atoms with E-state index in [0.717, 1.165) is 13.1 Å². The monoisotopic (exact) mass is 412 g/mol. The number of amides is 3. The Morgan fingerprint density at radius 3 is 2.33 bits per heavy atom. The number of rotatable bonds is 7. The van der Waals surface area contributed by atoms with E-state index < -0.39 is 0 Å². The van der Waals surface area contributed by atoms with Gasteiger partial charge >= 0.3 is 0 Å². The highest BCUT2D eigenvalue weighted by Gasteiger charge is 2.15. The van der Waals surface area contributed by atoms with Crippen LogP contribution in [-0.2, 0) is 9.53 Å². The molecule has 10 nitrogen and oxygen atoms in total. The molecule has 1 saturated heterocycles. The minimum absolute atomic E-state index is 0.177. The maximum atomic E-state index is 12.3. The Morgan fingerprint density at radius 2 is 1.67 bits per heavy atom. The molecule has 1 aliphatic heterocycles. The summed E-state index contributed by atoms with van der Waals surface area (Å²) in [5.41, 5.74) is 1.35. The predicted octanol–water partition coefficient (Wildman–Crippen LogP) is 0.431. The Balaban J connectivity index is 1.44. The van der Waals surface area contributed by atoms with E-state index in [9.17, 15) is 14.4 Å². The Bertz CT molecular complexity index is 896. The number of nitrogens with one attached hydrogen (secondary N) is 3. The molecule has 0 bridgehead atoms. The van der Waals surface area contributed by atoms with E-state index in [-0.39, 0.29) is 36.5 Å². The molecule has 3 N–H and O–H groups in total. The highest BCUT2D eigenvalue weighted by molar-refractivity contribution is 5.95. The molecule has 1 aromatic heterocycles. The van der Waals surface area contributed by atoms with Crippen LogP contribution in [0.25, 0.3) is 0 Å². The first-order valence-electron chi connectivity index (χ1n) is 9.62. The Labute approximate surface area is 174 Å². The van der Waals surface area contributed by atoms with Crippen molar-refractivity contribution < 1.29 is 19.1 Å². The van der Waals surface area contributed by atoms with Gasteiger partial charge in [-0.25, -0.2) is 9.97 Å². The molecule has 0 atom stereocenters. The zero-order valence-electron chi connectivity index (χ0n) is 16.7. The summed E-state index contributed by atoms with van der Waals surface area (Å²) < 4.78 is 5.32. The van der Waals surface area contributed by atoms with Crippen LogP contribution >= 0.6 is 0 Å². The fraction of sp³-hybridized carbons (Fsp3) is 0.350. The van der Waals surface area contributed by atoms with Crippen LogP contribution in [-0.4, -0.2) is 67.1 Å². The summed E-state index contributed by atoms with van der Waals surface area (Å²) in [5, 5.41) is 8.10. The number of carbonyl (C=O) groups excluding carboxylic acids is 3. The maximum Gasteiger partial charge on any atom is 0.270 e. The van der Waals surface area contributed by atoms with Gasteiger partial charge in [0, 0.05) is 50.4 Å². The number of benzene rings is 1. The Kier molecular flexibility index (Phi) is 7.28. The number of ether oxygens (including phenoxy) is 1. The summed E-state index contributed by atoms with van der Waals surface area (Å²) in [5.74, 6) is -0.0887. The lowest BCUT2D eigenvalue weighted by Crippen LogP contribution is -2.37. The summed E-state index contributed by atoms with van der Waals surface area (Å²) in [6, 6.07) is 8.19. The molecule has 1 fully saturated rings. The van der Waals surface area contributed by atoms with Crippen LogP contribution in [0.5, 0.6) is 0 Å². The van der Waals surface area contributed by atoms with Crippen LogP contribution < -0.4 is 20.9 Å². The second kappa shape index (κ2) is 10.3. The van der Waals surface area contributed by atoms with Crippen molar-refractivity contribution >= 4 is 29.2 Å². The van der Waals surface area contributed by atoms with Gasteiger partial charge in [0.25, 0.3) is 11.8 Å². The van der Waals surface area contributed by atoms with Gasteiger partial charge in [-0.1, -0.05) is 0 Å². The van der Waals surface area contributed by atoms with Gasteiger partial charge in [0.2, 0.25) is 5.91 Å². The maximum absolute atomic E-state index is 12.3. The van der Waals surface area contributed by atoms with E-state index in [1.807, 2.05) is 4.90 Å². The molecule has 0 unspecified atom stereocenters. The Hall–Kier alpha value is -3.53. The summed E-state index contributed by atoms with van der Waals surface area (Å²) in [6.07, 6.45) is 1.37. The molecule has 10 heteroatoms. The summed E-state index contributed by atoms with van der Waals surface area (Å²) in [7, 11) is 0. The van der Waals surface area contributed by atoms with Crippen molar-refractivity contribution in [1.82, 2.24) is 20.6 Å². The molecule has 0 aliphatic carbocycles. The van der Waals surface area contributed by atoms with Crippen LogP contribution in [0.4, 0.5) is 11.5 Å². The van der Waals surface area contributed by atoms with Crippen LogP contribution in [0, 0.1) is 0 Å². The molecule has 2 heterocycles. The third kappa shape index (κ3) is 5.98. The zero-order chi connectivity index (χ0) is 21.3. The van der Waals surface area contributed by atoms with E-state index in [4.69, 9.17) is 4.74 Å². The first kappa shape index (κ1) is 21.2. The van der Waals surface area contributed by atoms with Gasteiger partial charge in [-0.15, -0.1) is 0 Å². The average molecular weight is 412 g/mol. The van der Waals surface area contributed by atoms with Gasteiger partial charge in [-0.2, -0.15) is 0 Å². The SMILES string of the molecule is CC(=O)Nc1ccc(C(=O)NCCNC(=O)c2cc(N3CCOCC3)ncn2)cc1. The van der Waals surface area contributed by atoms with Crippen molar-refractivity contribution in [2.45, 2.75) is 6.92 Å². The van der Waals surface area contributed by atoms with Gasteiger partial charge in [-0.05, 0) is 24.3 Å². The zero-order valence-corrected chi connectivity index (χ0v) is 16.7. The Morgan fingerprint density at radius 1 is 1.00 bits per heavy atom. The van der Waals surface area contributed by atoms with E-state index in [1.165, 1.54) is 13.3 Å². The molecule has 3 rings (SSSR count). The van der Waals surface area contributed by atoms with E-state index in [2.05, 4.69) is 25.9 Å². The van der Waals surface area contributed by atoms with Crippen LogP contribution in [0.15, 0.2) is 36.7 Å². The van der Waals surface area contributed by atoms with E-state index in [0.29, 0.717) is 30.3 Å². The van der Waals surface area contributed by atoms with Gasteiger partial charge in [0.05, 0.1) is 13.2 Å². The molecule has 0 spiro atoms. The van der Waals surface area contributed by atoms with Gasteiger partial charge in [0.15, 0.2) is 0 Å². The normalized spacial score (nSPS) is 13.4. The molecule has 0 saturated carbocycles. The quantitative estimate of drug-likeness (QED) is 0.563. The predicted molar refractivity (Wildman–Crippen MR) is 110 cm³/mol. The van der Waals surface area contributed by atoms with Crippen molar-refractivity contribution in [1.29, 1.82) is 0 Å². The highest BCUT2D eigenvalue weighted by Crippen LogP contribution is 2.13. The fourth-order valence-corrected chi connectivity index (χ4v) is 2.89. The standard InChI is InChI=1S/C20H24N6O4/c1-14(27)25-16-4-2-15(3-5-16)19(28)21-6-7-22-20(29)17-12-18(24-13-23-17)26-8-10-30-11-9-26/h2-5,12-13H,6-11H2,1H3,(H,21,28)(H,22,29)(H,25,27). The third-order valence-corrected chi connectivity index (χ3v) is 4.38. The van der Waals surface area contributed by atoms with Crippen molar-refractivity contribution in [3.05, 3.63) is 47.9 Å². The van der Waals surface area contributed by atoms with Gasteiger partial charge in [0.1, 0.15) is 17.8 Å².